The van der Waals surface area contributed by atoms with E-state index in [1.54, 1.807) is 26.8 Å². The molecule has 1 aliphatic heterocycles. The maximum Gasteiger partial charge on any atom is 0.340 e. The first-order chi connectivity index (χ1) is 16.2. The lowest BCUT2D eigenvalue weighted by atomic mass is 10.1. The quantitative estimate of drug-likeness (QED) is 0.406. The lowest BCUT2D eigenvalue weighted by molar-refractivity contribution is 0.0525. The molecule has 34 heavy (non-hydrogen) atoms. The Labute approximate surface area is 200 Å². The number of esters is 1. The number of rotatable bonds is 9. The van der Waals surface area contributed by atoms with Crippen LogP contribution in [0.4, 0.5) is 5.69 Å². The number of aromatic amines is 1. The number of aromatic nitrogens is 1. The standard InChI is InChI=1S/C24H33N3O6S/c1-5-33-24(29)22-16(2)23(26-17(22)3)20(28)15-25-19-14-18(10-11-21(19)32-4)34(30,31)27-12-8-6-7-9-13-27/h10-11,14,25-26H,5-9,12-13,15H2,1-4H3. The number of benzene rings is 1. The molecular formula is C24H33N3O6S. The zero-order valence-corrected chi connectivity index (χ0v) is 21.0. The highest BCUT2D eigenvalue weighted by Gasteiger charge is 2.27. The van der Waals surface area contributed by atoms with Gasteiger partial charge in [-0.25, -0.2) is 13.2 Å². The Hall–Kier alpha value is -2.85. The zero-order chi connectivity index (χ0) is 24.9. The Kier molecular flexibility index (Phi) is 8.37. The van der Waals surface area contributed by atoms with Crippen LogP contribution in [-0.2, 0) is 14.8 Å². The Morgan fingerprint density at radius 2 is 1.79 bits per heavy atom. The average Bonchev–Trinajstić information content (AvgIpc) is 2.98. The van der Waals surface area contributed by atoms with Crippen molar-refractivity contribution in [2.75, 3.05) is 38.7 Å². The van der Waals surface area contributed by atoms with Gasteiger partial charge in [0.15, 0.2) is 5.78 Å². The molecule has 2 aromatic rings. The Morgan fingerprint density at radius 3 is 2.41 bits per heavy atom. The van der Waals surface area contributed by atoms with Crippen LogP contribution in [0.2, 0.25) is 0 Å². The van der Waals surface area contributed by atoms with Crippen LogP contribution >= 0.6 is 0 Å². The third-order valence-electron chi connectivity index (χ3n) is 6.01. The number of methoxy groups -OCH3 is 1. The summed E-state index contributed by atoms with van der Waals surface area (Å²) in [6.45, 7) is 6.26. The van der Waals surface area contributed by atoms with Gasteiger partial charge in [0.1, 0.15) is 5.75 Å². The summed E-state index contributed by atoms with van der Waals surface area (Å²) in [6, 6.07) is 4.61. The molecule has 0 saturated carbocycles. The molecule has 0 unspecified atom stereocenters. The number of sulfonamides is 1. The Bertz CT molecular complexity index is 1150. The maximum absolute atomic E-state index is 13.2. The fourth-order valence-electron chi connectivity index (χ4n) is 4.22. The molecule has 0 spiro atoms. The highest BCUT2D eigenvalue weighted by atomic mass is 32.2. The van der Waals surface area contributed by atoms with Gasteiger partial charge in [-0.1, -0.05) is 12.8 Å². The second-order valence-electron chi connectivity index (χ2n) is 8.30. The minimum atomic E-state index is -3.65. The SMILES string of the molecule is CCOC(=O)c1c(C)[nH]c(C(=O)CNc2cc(S(=O)(=O)N3CCCCCC3)ccc2OC)c1C. The number of anilines is 1. The lowest BCUT2D eigenvalue weighted by Gasteiger charge is -2.21. The molecule has 0 atom stereocenters. The zero-order valence-electron chi connectivity index (χ0n) is 20.2. The molecule has 2 N–H and O–H groups in total. The molecule has 0 radical (unpaired) electrons. The van der Waals surface area contributed by atoms with E-state index in [0.29, 0.717) is 47.0 Å². The molecule has 2 heterocycles. The van der Waals surface area contributed by atoms with Gasteiger partial charge < -0.3 is 19.8 Å². The Morgan fingerprint density at radius 1 is 1.12 bits per heavy atom. The molecule has 3 rings (SSSR count). The largest absolute Gasteiger partial charge is 0.495 e. The predicted molar refractivity (Wildman–Crippen MR) is 129 cm³/mol. The summed E-state index contributed by atoms with van der Waals surface area (Å²) in [5.74, 6) is -0.331. The van der Waals surface area contributed by atoms with E-state index in [2.05, 4.69) is 10.3 Å². The normalized spacial score (nSPS) is 14.9. The van der Waals surface area contributed by atoms with Crippen LogP contribution in [0.5, 0.6) is 5.75 Å². The van der Waals surface area contributed by atoms with Gasteiger partial charge in [-0.3, -0.25) is 4.79 Å². The number of hydrogen-bond acceptors (Lipinski definition) is 7. The van der Waals surface area contributed by atoms with Crippen LogP contribution in [0, 0.1) is 13.8 Å². The minimum Gasteiger partial charge on any atom is -0.495 e. The number of aryl methyl sites for hydroxylation is 1. The van der Waals surface area contributed by atoms with Crippen LogP contribution in [0.3, 0.4) is 0 Å². The van der Waals surface area contributed by atoms with Crippen molar-refractivity contribution in [2.45, 2.75) is 51.3 Å². The van der Waals surface area contributed by atoms with E-state index in [1.165, 1.54) is 23.5 Å². The minimum absolute atomic E-state index is 0.118. The summed E-state index contributed by atoms with van der Waals surface area (Å²) in [6.07, 6.45) is 3.74. The number of hydrogen-bond donors (Lipinski definition) is 2. The van der Waals surface area contributed by atoms with Crippen LogP contribution in [-0.4, -0.2) is 62.8 Å². The van der Waals surface area contributed by atoms with Crippen molar-refractivity contribution in [3.05, 3.63) is 40.7 Å². The molecule has 1 aliphatic rings. The van der Waals surface area contributed by atoms with Crippen molar-refractivity contribution >= 4 is 27.5 Å². The molecule has 0 aliphatic carbocycles. The topological polar surface area (TPSA) is 118 Å². The van der Waals surface area contributed by atoms with Crippen LogP contribution in [0.1, 0.15) is 64.7 Å². The van der Waals surface area contributed by atoms with Gasteiger partial charge in [0.25, 0.3) is 0 Å². The second-order valence-corrected chi connectivity index (χ2v) is 10.2. The third kappa shape index (κ3) is 5.44. The number of carbonyl (C=O) groups is 2. The number of ether oxygens (including phenoxy) is 2. The molecule has 0 bridgehead atoms. The first kappa shape index (κ1) is 25.8. The van der Waals surface area contributed by atoms with Gasteiger partial charge in [-0.2, -0.15) is 4.31 Å². The van der Waals surface area contributed by atoms with E-state index in [4.69, 9.17) is 9.47 Å². The molecule has 0 amide bonds. The van der Waals surface area contributed by atoms with E-state index < -0.39 is 16.0 Å². The number of ketones is 1. The first-order valence-electron chi connectivity index (χ1n) is 11.5. The van der Waals surface area contributed by atoms with Crippen LogP contribution in [0.25, 0.3) is 0 Å². The fraction of sp³-hybridized carbons (Fsp3) is 0.500. The van der Waals surface area contributed by atoms with Crippen molar-refractivity contribution in [1.82, 2.24) is 9.29 Å². The lowest BCUT2D eigenvalue weighted by Crippen LogP contribution is -2.32. The summed E-state index contributed by atoms with van der Waals surface area (Å²) in [4.78, 5) is 28.3. The van der Waals surface area contributed by atoms with Crippen molar-refractivity contribution in [1.29, 1.82) is 0 Å². The maximum atomic E-state index is 13.2. The number of Topliss-reactive ketones (excluding diaryl/α,β-unsaturated/α-hetero) is 1. The van der Waals surface area contributed by atoms with Crippen LogP contribution in [0.15, 0.2) is 23.1 Å². The molecule has 10 heteroatoms. The summed E-state index contributed by atoms with van der Waals surface area (Å²) < 4.78 is 38.4. The van der Waals surface area contributed by atoms with Gasteiger partial charge in [0, 0.05) is 18.8 Å². The summed E-state index contributed by atoms with van der Waals surface area (Å²) in [7, 11) is -2.17. The number of nitrogens with one attached hydrogen (secondary N) is 2. The third-order valence-corrected chi connectivity index (χ3v) is 7.90. The van der Waals surface area contributed by atoms with E-state index in [1.807, 2.05) is 0 Å². The van der Waals surface area contributed by atoms with E-state index >= 15 is 0 Å². The summed E-state index contributed by atoms with van der Waals surface area (Å²) in [5.41, 5.74) is 2.14. The van der Waals surface area contributed by atoms with Gasteiger partial charge in [0.05, 0.1) is 42.1 Å². The van der Waals surface area contributed by atoms with E-state index in [-0.39, 0.29) is 23.8 Å². The molecular weight excluding hydrogens is 458 g/mol. The number of H-pyrrole nitrogens is 1. The van der Waals surface area contributed by atoms with Gasteiger partial charge in [-0.15, -0.1) is 0 Å². The smallest absolute Gasteiger partial charge is 0.340 e. The summed E-state index contributed by atoms with van der Waals surface area (Å²) in [5, 5.41) is 3.01. The van der Waals surface area contributed by atoms with Gasteiger partial charge >= 0.3 is 5.97 Å². The molecule has 1 saturated heterocycles. The number of carbonyl (C=O) groups excluding carboxylic acids is 2. The molecule has 1 aromatic heterocycles. The van der Waals surface area contributed by atoms with E-state index in [0.717, 1.165) is 25.7 Å². The Balaban J connectivity index is 1.81. The molecule has 9 nitrogen and oxygen atoms in total. The van der Waals surface area contributed by atoms with Crippen LogP contribution < -0.4 is 10.1 Å². The van der Waals surface area contributed by atoms with Gasteiger partial charge in [0.2, 0.25) is 10.0 Å². The van der Waals surface area contributed by atoms with E-state index in [9.17, 15) is 18.0 Å². The molecule has 1 aromatic carbocycles. The van der Waals surface area contributed by atoms with Crippen molar-refractivity contribution < 1.29 is 27.5 Å². The highest BCUT2D eigenvalue weighted by molar-refractivity contribution is 7.89. The molecule has 1 fully saturated rings. The number of nitrogens with zero attached hydrogens (tertiary/aromatic N) is 1. The first-order valence-corrected chi connectivity index (χ1v) is 13.0. The van der Waals surface area contributed by atoms with Crippen molar-refractivity contribution in [3.8, 4) is 5.75 Å². The fourth-order valence-corrected chi connectivity index (χ4v) is 5.76. The average molecular weight is 492 g/mol. The van der Waals surface area contributed by atoms with Crippen molar-refractivity contribution in [2.24, 2.45) is 0 Å². The summed E-state index contributed by atoms with van der Waals surface area (Å²) >= 11 is 0. The second kappa shape index (κ2) is 11.1. The van der Waals surface area contributed by atoms with Crippen molar-refractivity contribution in [3.63, 3.8) is 0 Å². The van der Waals surface area contributed by atoms with Gasteiger partial charge in [-0.05, 0) is 57.4 Å². The predicted octanol–water partition coefficient (Wildman–Crippen LogP) is 3.68. The highest BCUT2D eigenvalue weighted by Crippen LogP contribution is 2.30. The monoisotopic (exact) mass is 491 g/mol. The molecule has 186 valence electrons.